The molecule has 0 aromatic rings. The molecule has 63 valence electrons. The van der Waals surface area contributed by atoms with Gasteiger partial charge < -0.3 is 5.32 Å². The lowest BCUT2D eigenvalue weighted by atomic mass is 10.2. The molecule has 2 heteroatoms. The van der Waals surface area contributed by atoms with Crippen molar-refractivity contribution >= 4 is 5.91 Å². The van der Waals surface area contributed by atoms with E-state index in [2.05, 4.69) is 12.2 Å². The molecule has 1 N–H and O–H groups in total. The Morgan fingerprint density at radius 1 is 1.45 bits per heavy atom. The third kappa shape index (κ3) is 3.40. The molecule has 0 bridgehead atoms. The highest BCUT2D eigenvalue weighted by Crippen LogP contribution is 2.31. The number of carbonyl (C=O) groups is 1. The zero-order valence-corrected chi connectivity index (χ0v) is 7.15. The summed E-state index contributed by atoms with van der Waals surface area (Å²) in [7, 11) is 0. The third-order valence-corrected chi connectivity index (χ3v) is 1.89. The summed E-state index contributed by atoms with van der Waals surface area (Å²) in [5.74, 6) is 1.28. The van der Waals surface area contributed by atoms with Crippen molar-refractivity contribution in [2.75, 3.05) is 6.54 Å². The van der Waals surface area contributed by atoms with E-state index in [4.69, 9.17) is 0 Å². The second-order valence-corrected chi connectivity index (χ2v) is 3.07. The summed E-state index contributed by atoms with van der Waals surface area (Å²) < 4.78 is 0. The molecule has 1 radical (unpaired) electrons. The molecule has 0 unspecified atom stereocenters. The average Bonchev–Trinajstić information content (AvgIpc) is 2.79. The van der Waals surface area contributed by atoms with Crippen LogP contribution in [0.2, 0.25) is 0 Å². The van der Waals surface area contributed by atoms with Crippen LogP contribution in [0.15, 0.2) is 0 Å². The van der Waals surface area contributed by atoms with Gasteiger partial charge in [0.1, 0.15) is 0 Å². The molecule has 0 aromatic carbocycles. The number of rotatable bonds is 5. The van der Waals surface area contributed by atoms with E-state index in [9.17, 15) is 4.79 Å². The van der Waals surface area contributed by atoms with E-state index in [0.29, 0.717) is 0 Å². The Morgan fingerprint density at radius 3 is 2.73 bits per heavy atom. The molecular weight excluding hydrogens is 138 g/mol. The van der Waals surface area contributed by atoms with Crippen molar-refractivity contribution in [3.63, 3.8) is 0 Å². The second-order valence-electron chi connectivity index (χ2n) is 3.07. The molecule has 0 aromatic heterocycles. The summed E-state index contributed by atoms with van der Waals surface area (Å²) in [6.45, 7) is 3.02. The quantitative estimate of drug-likeness (QED) is 0.599. The Morgan fingerprint density at radius 2 is 2.18 bits per heavy atom. The molecule has 11 heavy (non-hydrogen) atoms. The van der Waals surface area contributed by atoms with Gasteiger partial charge in [-0.05, 0) is 19.3 Å². The van der Waals surface area contributed by atoms with Gasteiger partial charge in [0.05, 0.1) is 5.92 Å². The Hall–Kier alpha value is -0.530. The van der Waals surface area contributed by atoms with Gasteiger partial charge in [0, 0.05) is 6.54 Å². The van der Waals surface area contributed by atoms with Gasteiger partial charge in [0.25, 0.3) is 0 Å². The zero-order chi connectivity index (χ0) is 8.10. The molecule has 1 saturated carbocycles. The fraction of sp³-hybridized carbons (Fsp3) is 0.778. The molecule has 1 amide bonds. The van der Waals surface area contributed by atoms with Crippen LogP contribution in [0, 0.1) is 5.92 Å². The summed E-state index contributed by atoms with van der Waals surface area (Å²) in [4.78, 5) is 11.0. The Labute approximate surface area is 68.4 Å². The van der Waals surface area contributed by atoms with Crippen molar-refractivity contribution in [1.29, 1.82) is 0 Å². The molecule has 1 aliphatic carbocycles. The van der Waals surface area contributed by atoms with Crippen LogP contribution >= 0.6 is 0 Å². The van der Waals surface area contributed by atoms with Gasteiger partial charge in [0.15, 0.2) is 0 Å². The average molecular weight is 154 g/mol. The summed E-state index contributed by atoms with van der Waals surface area (Å²) in [5, 5.41) is 2.90. The maximum absolute atomic E-state index is 11.0. The van der Waals surface area contributed by atoms with Crippen LogP contribution in [0.1, 0.15) is 39.0 Å². The van der Waals surface area contributed by atoms with Gasteiger partial charge in [0.2, 0.25) is 5.91 Å². The van der Waals surface area contributed by atoms with Crippen molar-refractivity contribution in [2.45, 2.75) is 39.0 Å². The number of unbranched alkanes of at least 4 members (excludes halogenated alkanes) is 2. The standard InChI is InChI=1S/C9H16NO/c1-2-3-4-7-10-9(11)8-5-6-8/h2-7H2,1H3,(H,10,11). The molecule has 2 nitrogen and oxygen atoms in total. The Bertz CT molecular complexity index is 130. The fourth-order valence-electron chi connectivity index (χ4n) is 0.991. The van der Waals surface area contributed by atoms with Gasteiger partial charge in [-0.2, -0.15) is 0 Å². The van der Waals surface area contributed by atoms with Crippen LogP contribution in [-0.4, -0.2) is 12.5 Å². The van der Waals surface area contributed by atoms with Crippen LogP contribution in [0.25, 0.3) is 0 Å². The zero-order valence-electron chi connectivity index (χ0n) is 7.15. The van der Waals surface area contributed by atoms with E-state index in [1.807, 2.05) is 0 Å². The first-order valence-electron chi connectivity index (χ1n) is 4.47. The Balaban J connectivity index is 1.89. The normalized spacial score (nSPS) is 16.5. The third-order valence-electron chi connectivity index (χ3n) is 1.89. The van der Waals surface area contributed by atoms with E-state index in [1.165, 1.54) is 12.8 Å². The molecule has 0 atom stereocenters. The highest BCUT2D eigenvalue weighted by Gasteiger charge is 2.29. The van der Waals surface area contributed by atoms with Gasteiger partial charge in [-0.3, -0.25) is 4.79 Å². The van der Waals surface area contributed by atoms with Crippen molar-refractivity contribution in [3.05, 3.63) is 5.92 Å². The minimum atomic E-state index is 0.195. The second kappa shape index (κ2) is 4.37. The number of amides is 1. The number of hydrogen-bond acceptors (Lipinski definition) is 1. The lowest BCUT2D eigenvalue weighted by Gasteiger charge is -2.01. The van der Waals surface area contributed by atoms with E-state index < -0.39 is 0 Å². The maximum atomic E-state index is 11.0. The molecule has 1 fully saturated rings. The van der Waals surface area contributed by atoms with E-state index in [1.54, 1.807) is 0 Å². The highest BCUT2D eigenvalue weighted by molar-refractivity contribution is 5.93. The minimum Gasteiger partial charge on any atom is -0.356 e. The molecule has 1 aliphatic rings. The van der Waals surface area contributed by atoms with Gasteiger partial charge in [-0.25, -0.2) is 0 Å². The summed E-state index contributed by atoms with van der Waals surface area (Å²) in [6.07, 6.45) is 5.61. The van der Waals surface area contributed by atoms with Crippen molar-refractivity contribution < 1.29 is 4.79 Å². The summed E-state index contributed by atoms with van der Waals surface area (Å²) >= 11 is 0. The van der Waals surface area contributed by atoms with Crippen molar-refractivity contribution in [1.82, 2.24) is 5.32 Å². The maximum Gasteiger partial charge on any atom is 0.227 e. The Kier molecular flexibility index (Phi) is 3.40. The summed E-state index contributed by atoms with van der Waals surface area (Å²) in [6, 6.07) is 0. The molecular formula is C9H16NO. The fourth-order valence-corrected chi connectivity index (χ4v) is 0.991. The number of carbonyl (C=O) groups excluding carboxylic acids is 1. The van der Waals surface area contributed by atoms with E-state index in [0.717, 1.165) is 31.7 Å². The van der Waals surface area contributed by atoms with Crippen LogP contribution < -0.4 is 5.32 Å². The van der Waals surface area contributed by atoms with Crippen molar-refractivity contribution in [3.8, 4) is 0 Å². The number of nitrogens with one attached hydrogen (secondary N) is 1. The van der Waals surface area contributed by atoms with Crippen molar-refractivity contribution in [2.24, 2.45) is 0 Å². The van der Waals surface area contributed by atoms with E-state index >= 15 is 0 Å². The SMILES string of the molecule is CCCCCNC(=O)[C]1CC1. The predicted octanol–water partition coefficient (Wildman–Crippen LogP) is 1.66. The molecule has 0 aliphatic heterocycles. The first-order valence-corrected chi connectivity index (χ1v) is 4.47. The lowest BCUT2D eigenvalue weighted by Crippen LogP contribution is -2.24. The first-order chi connectivity index (χ1) is 5.34. The van der Waals surface area contributed by atoms with Crippen LogP contribution in [0.3, 0.4) is 0 Å². The van der Waals surface area contributed by atoms with Crippen LogP contribution in [0.4, 0.5) is 0 Å². The molecule has 1 rings (SSSR count). The van der Waals surface area contributed by atoms with Gasteiger partial charge in [-0.15, -0.1) is 0 Å². The van der Waals surface area contributed by atoms with Gasteiger partial charge in [-0.1, -0.05) is 19.8 Å². The smallest absolute Gasteiger partial charge is 0.227 e. The lowest BCUT2D eigenvalue weighted by molar-refractivity contribution is -0.118. The first kappa shape index (κ1) is 8.57. The highest BCUT2D eigenvalue weighted by atomic mass is 16.2. The minimum absolute atomic E-state index is 0.195. The predicted molar refractivity (Wildman–Crippen MR) is 45.0 cm³/mol. The topological polar surface area (TPSA) is 29.1 Å². The largest absolute Gasteiger partial charge is 0.356 e. The monoisotopic (exact) mass is 154 g/mol. The van der Waals surface area contributed by atoms with Gasteiger partial charge >= 0.3 is 0 Å². The number of hydrogen-bond donors (Lipinski definition) is 1. The molecule has 0 spiro atoms. The molecule has 0 heterocycles. The van der Waals surface area contributed by atoms with Crippen LogP contribution in [0.5, 0.6) is 0 Å². The van der Waals surface area contributed by atoms with E-state index in [-0.39, 0.29) is 5.91 Å². The molecule has 0 saturated heterocycles. The van der Waals surface area contributed by atoms with Crippen LogP contribution in [-0.2, 0) is 4.79 Å². The summed E-state index contributed by atoms with van der Waals surface area (Å²) in [5.41, 5.74) is 0.